The van der Waals surface area contributed by atoms with Crippen LogP contribution in [0.1, 0.15) is 116 Å². The maximum atomic E-state index is 4.40. The second-order valence-corrected chi connectivity index (χ2v) is 12.4. The maximum absolute atomic E-state index is 4.40. The van der Waals surface area contributed by atoms with Gasteiger partial charge in [-0.05, 0) is 54.5 Å². The van der Waals surface area contributed by atoms with E-state index in [1.165, 1.54) is 72.2 Å². The van der Waals surface area contributed by atoms with Gasteiger partial charge in [-0.2, -0.15) is 0 Å². The highest BCUT2D eigenvalue weighted by Gasteiger charge is 2.33. The first-order chi connectivity index (χ1) is 24.6. The highest BCUT2D eigenvalue weighted by Crippen LogP contribution is 2.47. The molecule has 1 aromatic heterocycles. The van der Waals surface area contributed by atoms with Gasteiger partial charge in [0.25, 0.3) is 0 Å². The first-order valence-electron chi connectivity index (χ1n) is 19.1. The Morgan fingerprint density at radius 3 is 2.12 bits per heavy atom. The van der Waals surface area contributed by atoms with Crippen molar-refractivity contribution in [3.05, 3.63) is 120 Å². The molecule has 0 fully saturated rings. The summed E-state index contributed by atoms with van der Waals surface area (Å²) in [7, 11) is 2.07. The fourth-order valence-corrected chi connectivity index (χ4v) is 6.39. The molecule has 5 rings (SSSR count). The molecule has 1 aliphatic heterocycles. The summed E-state index contributed by atoms with van der Waals surface area (Å²) in [6.45, 7) is 20.6. The number of benzene rings is 3. The number of hydrogen-bond donors (Lipinski definition) is 2. The quantitative estimate of drug-likeness (QED) is 0.0919. The standard InChI is InChI=1S/C42H50N4.2C2H6/c1-5-6-7-8-9-14-22-33(2)43-30-20-11-10-15-23-35-24-21-25-36(31-35)32-46-41(38-28-18-13-19-29-38)40(37-26-16-12-17-27-37)39-34(3)44-45(4)42(39)46;2*1-2/h12-13,16-19,21,24-29,31,43-44H,2-3,5-11,14,20,22,30,32H2,1,4H3;2*1-2H3. The van der Waals surface area contributed by atoms with Crippen molar-refractivity contribution in [2.24, 2.45) is 0 Å². The van der Waals surface area contributed by atoms with Crippen LogP contribution in [0.15, 0.2) is 104 Å². The highest BCUT2D eigenvalue weighted by molar-refractivity contribution is 5.99. The van der Waals surface area contributed by atoms with Crippen molar-refractivity contribution in [3.63, 3.8) is 0 Å². The first kappa shape index (κ1) is 39.8. The Morgan fingerprint density at radius 1 is 0.760 bits per heavy atom. The Balaban J connectivity index is 0.00000163. The van der Waals surface area contributed by atoms with Gasteiger partial charge in [0.2, 0.25) is 0 Å². The van der Waals surface area contributed by atoms with Crippen LogP contribution in [0.3, 0.4) is 0 Å². The summed E-state index contributed by atoms with van der Waals surface area (Å²) >= 11 is 0. The number of hydrogen-bond acceptors (Lipinski definition) is 3. The fraction of sp³-hybridized carbons (Fsp3) is 0.391. The summed E-state index contributed by atoms with van der Waals surface area (Å²) in [6, 6.07) is 30.1. The van der Waals surface area contributed by atoms with Gasteiger partial charge in [-0.3, -0.25) is 10.4 Å². The molecule has 4 aromatic rings. The Morgan fingerprint density at radius 2 is 1.42 bits per heavy atom. The third-order valence-corrected chi connectivity index (χ3v) is 8.70. The molecule has 0 saturated heterocycles. The molecule has 0 amide bonds. The Bertz CT molecular complexity index is 1650. The minimum atomic E-state index is 0.725. The maximum Gasteiger partial charge on any atom is 0.138 e. The lowest BCUT2D eigenvalue weighted by atomic mass is 9.96. The third-order valence-electron chi connectivity index (χ3n) is 8.70. The number of rotatable bonds is 16. The number of hydrazine groups is 1. The SMILES string of the molecule is C=C(CCCCCCCC)NCCCCC#Cc1cccc(Cn2c(-c3ccccc3)c(-c3ccccc3)c3c2N(C)NC3=C)c1.CC.CC. The van der Waals surface area contributed by atoms with E-state index >= 15 is 0 Å². The van der Waals surface area contributed by atoms with Crippen LogP contribution in [0.5, 0.6) is 0 Å². The summed E-state index contributed by atoms with van der Waals surface area (Å²) < 4.78 is 2.43. The van der Waals surface area contributed by atoms with E-state index in [0.29, 0.717) is 0 Å². The molecular weight excluding hydrogens is 609 g/mol. The molecule has 0 atom stereocenters. The van der Waals surface area contributed by atoms with E-state index in [9.17, 15) is 0 Å². The lowest BCUT2D eigenvalue weighted by Gasteiger charge is -2.20. The van der Waals surface area contributed by atoms with Crippen LogP contribution in [0.4, 0.5) is 5.82 Å². The molecule has 0 unspecified atom stereocenters. The molecule has 1 aliphatic rings. The summed E-state index contributed by atoms with van der Waals surface area (Å²) in [4.78, 5) is 0. The Hall–Kier alpha value is -4.62. The van der Waals surface area contributed by atoms with E-state index in [4.69, 9.17) is 0 Å². The van der Waals surface area contributed by atoms with Crippen LogP contribution < -0.4 is 15.8 Å². The van der Waals surface area contributed by atoms with E-state index in [-0.39, 0.29) is 0 Å². The second-order valence-electron chi connectivity index (χ2n) is 12.4. The molecule has 0 radical (unpaired) electrons. The van der Waals surface area contributed by atoms with Crippen molar-refractivity contribution in [2.45, 2.75) is 105 Å². The van der Waals surface area contributed by atoms with Gasteiger partial charge in [-0.25, -0.2) is 0 Å². The minimum absolute atomic E-state index is 0.725. The summed E-state index contributed by atoms with van der Waals surface area (Å²) in [5, 5.41) is 5.61. The van der Waals surface area contributed by atoms with Crippen LogP contribution >= 0.6 is 0 Å². The van der Waals surface area contributed by atoms with Gasteiger partial charge in [0, 0.05) is 43.4 Å². The lowest BCUT2D eigenvalue weighted by Crippen LogP contribution is -2.28. The number of aromatic nitrogens is 1. The minimum Gasteiger partial charge on any atom is -0.389 e. The van der Waals surface area contributed by atoms with Gasteiger partial charge in [0.1, 0.15) is 5.82 Å². The van der Waals surface area contributed by atoms with E-state index in [1.54, 1.807) is 0 Å². The number of unbranched alkanes of at least 4 members (excludes halogenated alkanes) is 7. The van der Waals surface area contributed by atoms with Gasteiger partial charge in [-0.1, -0.05) is 165 Å². The molecular formula is C46H62N4. The van der Waals surface area contributed by atoms with Crippen LogP contribution in [-0.2, 0) is 6.54 Å². The molecule has 0 aliphatic carbocycles. The van der Waals surface area contributed by atoms with Crippen molar-refractivity contribution in [1.29, 1.82) is 0 Å². The third kappa shape index (κ3) is 11.2. The smallest absolute Gasteiger partial charge is 0.138 e. The zero-order valence-corrected chi connectivity index (χ0v) is 31.9. The number of allylic oxidation sites excluding steroid dienone is 1. The molecule has 0 saturated carbocycles. The monoisotopic (exact) mass is 670 g/mol. The Kier molecular flexibility index (Phi) is 17.7. The molecule has 0 spiro atoms. The van der Waals surface area contributed by atoms with E-state index in [1.807, 2.05) is 27.7 Å². The van der Waals surface area contributed by atoms with Crippen molar-refractivity contribution in [1.82, 2.24) is 15.3 Å². The molecule has 3 aromatic carbocycles. The number of nitrogens with one attached hydrogen (secondary N) is 2. The average Bonchev–Trinajstić information content (AvgIpc) is 3.65. The molecule has 2 heterocycles. The predicted octanol–water partition coefficient (Wildman–Crippen LogP) is 12.2. The van der Waals surface area contributed by atoms with Gasteiger partial charge in [0.05, 0.1) is 17.0 Å². The highest BCUT2D eigenvalue weighted by atomic mass is 15.6. The molecule has 4 nitrogen and oxygen atoms in total. The first-order valence-corrected chi connectivity index (χ1v) is 19.1. The second kappa shape index (κ2) is 22.2. The van der Waals surface area contributed by atoms with Gasteiger partial charge < -0.3 is 9.88 Å². The molecule has 2 N–H and O–H groups in total. The molecule has 50 heavy (non-hydrogen) atoms. The van der Waals surface area contributed by atoms with Crippen molar-refractivity contribution in [2.75, 3.05) is 18.6 Å². The van der Waals surface area contributed by atoms with Crippen molar-refractivity contribution >= 4 is 11.5 Å². The summed E-state index contributed by atoms with van der Waals surface area (Å²) in [5.74, 6) is 7.98. The van der Waals surface area contributed by atoms with Crippen LogP contribution in [0.25, 0.3) is 28.1 Å². The zero-order chi connectivity index (χ0) is 36.1. The molecule has 0 bridgehead atoms. The largest absolute Gasteiger partial charge is 0.389 e. The topological polar surface area (TPSA) is 32.2 Å². The summed E-state index contributed by atoms with van der Waals surface area (Å²) in [5.41, 5.74) is 13.8. The van der Waals surface area contributed by atoms with Gasteiger partial charge >= 0.3 is 0 Å². The van der Waals surface area contributed by atoms with E-state index in [2.05, 4.69) is 144 Å². The fourth-order valence-electron chi connectivity index (χ4n) is 6.39. The lowest BCUT2D eigenvalue weighted by molar-refractivity contribution is 0.590. The Labute approximate surface area is 304 Å². The predicted molar refractivity (Wildman–Crippen MR) is 220 cm³/mol. The molecule has 4 heteroatoms. The van der Waals surface area contributed by atoms with Crippen molar-refractivity contribution < 1.29 is 0 Å². The van der Waals surface area contributed by atoms with Crippen LogP contribution in [0.2, 0.25) is 0 Å². The molecule has 266 valence electrons. The number of anilines is 1. The zero-order valence-electron chi connectivity index (χ0n) is 31.9. The van der Waals surface area contributed by atoms with Crippen LogP contribution in [-0.4, -0.2) is 18.2 Å². The summed E-state index contributed by atoms with van der Waals surface area (Å²) in [6.07, 6.45) is 12.2. The average molecular weight is 671 g/mol. The van der Waals surface area contributed by atoms with E-state index in [0.717, 1.165) is 61.4 Å². The van der Waals surface area contributed by atoms with Crippen molar-refractivity contribution in [3.8, 4) is 34.2 Å². The normalized spacial score (nSPS) is 11.2. The van der Waals surface area contributed by atoms with Crippen LogP contribution in [0, 0.1) is 11.8 Å². The van der Waals surface area contributed by atoms with Gasteiger partial charge in [0.15, 0.2) is 0 Å². The van der Waals surface area contributed by atoms with Gasteiger partial charge in [-0.15, -0.1) is 0 Å². The van der Waals surface area contributed by atoms with E-state index < -0.39 is 0 Å². The number of fused-ring (bicyclic) bond motifs is 1. The number of nitrogens with zero attached hydrogens (tertiary/aromatic N) is 2.